The molecule has 4 fully saturated rings. The van der Waals surface area contributed by atoms with Gasteiger partial charge in [0.2, 0.25) is 0 Å². The number of fused-ring (bicyclic) bond motifs is 3. The number of piperidine rings is 1. The first kappa shape index (κ1) is 33.2. The highest BCUT2D eigenvalue weighted by Gasteiger charge is 2.51. The molecule has 2 aromatic carbocycles. The zero-order chi connectivity index (χ0) is 35.1. The van der Waals surface area contributed by atoms with E-state index < -0.39 is 41.1 Å². The van der Waals surface area contributed by atoms with Gasteiger partial charge in [0, 0.05) is 60.9 Å². The number of aromatic nitrogens is 2. The Bertz CT molecular complexity index is 2100. The molecule has 1 spiro atoms. The number of thiophene rings is 1. The quantitative estimate of drug-likeness (QED) is 0.223. The minimum Gasteiger partial charge on any atom is -0.461 e. The number of anilines is 2. The van der Waals surface area contributed by atoms with Crippen LogP contribution in [0.3, 0.4) is 0 Å². The maximum atomic E-state index is 17.0. The van der Waals surface area contributed by atoms with Gasteiger partial charge in [-0.15, -0.1) is 11.3 Å². The number of carbonyl (C=O) groups is 1. The summed E-state index contributed by atoms with van der Waals surface area (Å²) in [5, 5.41) is 10.3. The third kappa shape index (κ3) is 5.21. The predicted molar refractivity (Wildman–Crippen MR) is 179 cm³/mol. The fourth-order valence-corrected chi connectivity index (χ4v) is 9.82. The molecule has 1 amide bonds. The van der Waals surface area contributed by atoms with Crippen molar-refractivity contribution in [2.75, 3.05) is 56.5 Å². The van der Waals surface area contributed by atoms with E-state index in [2.05, 4.69) is 9.88 Å². The fraction of sp³-hybridized carbons (Fsp3) is 0.471. The average Bonchev–Trinajstić information content (AvgIpc) is 3.72. The molecule has 4 saturated heterocycles. The first-order chi connectivity index (χ1) is 23.9. The van der Waals surface area contributed by atoms with Gasteiger partial charge in [-0.2, -0.15) is 24.0 Å². The third-order valence-corrected chi connectivity index (χ3v) is 12.1. The summed E-state index contributed by atoms with van der Waals surface area (Å²) in [5.41, 5.74) is 4.98. The van der Waals surface area contributed by atoms with Gasteiger partial charge < -0.3 is 20.3 Å². The molecule has 4 aliphatic rings. The summed E-state index contributed by atoms with van der Waals surface area (Å²) < 4.78 is 79.0. The molecule has 4 aromatic rings. The minimum absolute atomic E-state index is 0.00375. The van der Waals surface area contributed by atoms with Gasteiger partial charge in [0.15, 0.2) is 5.82 Å². The number of hydrogen-bond donors (Lipinski definition) is 1. The average molecular weight is 732 g/mol. The topological polar surface area (TPSA) is 112 Å². The molecule has 2 aromatic heterocycles. The number of amides is 1. The highest BCUT2D eigenvalue weighted by molar-refractivity contribution is 7.23. The highest BCUT2D eigenvalue weighted by Crippen LogP contribution is 2.47. The second-order valence-electron chi connectivity index (χ2n) is 13.9. The number of nitrogens with two attached hydrogens (primary N) is 1. The Hall–Kier alpha value is -4.00. The molecule has 8 rings (SSSR count). The van der Waals surface area contributed by atoms with Crippen LogP contribution in [0.15, 0.2) is 18.2 Å². The molecule has 2 atom stereocenters. The van der Waals surface area contributed by atoms with Crippen LogP contribution in [0.1, 0.15) is 37.7 Å². The number of nitrogens with zero attached hydrogens (tertiary/aromatic N) is 6. The number of nitriles is 1. The Morgan fingerprint density at radius 1 is 1.18 bits per heavy atom. The number of alkyl halides is 3. The van der Waals surface area contributed by atoms with Crippen LogP contribution in [0, 0.1) is 28.4 Å². The van der Waals surface area contributed by atoms with Crippen LogP contribution in [0.2, 0.25) is 5.02 Å². The standard InChI is InChI=1S/C34H31ClF5N7O2S/c35-21-9-19-26(25(38)24(21)18-3-4-22(37)27-23(18)20(11-41)29(42)50-27)43-32(49-16-34-6-2-8-47(34)12-17(36)10-34)44-30(19)45-7-1-5-33(13-45)14-46(15-33)31(48)28(39)40/h3-4,9,17,28H,1-2,5-8,10,12-16,42H2/t17-,34+/m1/s1. The van der Waals surface area contributed by atoms with Crippen molar-refractivity contribution in [2.24, 2.45) is 5.41 Å². The third-order valence-electron chi connectivity index (χ3n) is 10.8. The summed E-state index contributed by atoms with van der Waals surface area (Å²) in [6.45, 7) is 2.32. The molecule has 50 heavy (non-hydrogen) atoms. The van der Waals surface area contributed by atoms with Crippen molar-refractivity contribution in [3.63, 3.8) is 0 Å². The lowest BCUT2D eigenvalue weighted by molar-refractivity contribution is -0.155. The van der Waals surface area contributed by atoms with Crippen LogP contribution >= 0.6 is 22.9 Å². The van der Waals surface area contributed by atoms with E-state index in [0.717, 1.165) is 41.7 Å². The first-order valence-corrected chi connectivity index (χ1v) is 17.6. The molecule has 4 aliphatic heterocycles. The molecule has 0 saturated carbocycles. The maximum Gasteiger partial charge on any atom is 0.319 e. The van der Waals surface area contributed by atoms with Gasteiger partial charge in [0.1, 0.15) is 41.0 Å². The number of benzene rings is 2. The summed E-state index contributed by atoms with van der Waals surface area (Å²) in [7, 11) is 0. The number of ether oxygens (including phenoxy) is 1. The van der Waals surface area contributed by atoms with Crippen LogP contribution in [0.5, 0.6) is 6.01 Å². The van der Waals surface area contributed by atoms with Crippen LogP contribution in [-0.4, -0.2) is 89.7 Å². The van der Waals surface area contributed by atoms with E-state index >= 15 is 4.39 Å². The van der Waals surface area contributed by atoms with E-state index in [1.54, 1.807) is 0 Å². The molecular weight excluding hydrogens is 701 g/mol. The van der Waals surface area contributed by atoms with Gasteiger partial charge in [0.05, 0.1) is 20.8 Å². The first-order valence-electron chi connectivity index (χ1n) is 16.4. The molecule has 6 heterocycles. The molecule has 0 aliphatic carbocycles. The summed E-state index contributed by atoms with van der Waals surface area (Å²) in [4.78, 5) is 26.4. The number of likely N-dealkylation sites (tertiary alicyclic amines) is 1. The second-order valence-corrected chi connectivity index (χ2v) is 15.4. The van der Waals surface area contributed by atoms with E-state index in [1.807, 2.05) is 11.0 Å². The Morgan fingerprint density at radius 2 is 1.96 bits per heavy atom. The number of nitrogen functional groups attached to an aromatic ring is 1. The highest BCUT2D eigenvalue weighted by atomic mass is 35.5. The van der Waals surface area contributed by atoms with Crippen molar-refractivity contribution in [3.8, 4) is 23.2 Å². The molecule has 9 nitrogen and oxygen atoms in total. The molecule has 0 bridgehead atoms. The molecule has 0 radical (unpaired) electrons. The number of halogens is 6. The van der Waals surface area contributed by atoms with Crippen molar-refractivity contribution >= 4 is 60.7 Å². The smallest absolute Gasteiger partial charge is 0.319 e. The van der Waals surface area contributed by atoms with Gasteiger partial charge in [0.25, 0.3) is 5.91 Å². The van der Waals surface area contributed by atoms with Crippen molar-refractivity contribution in [2.45, 2.75) is 50.2 Å². The van der Waals surface area contributed by atoms with Crippen molar-refractivity contribution < 1.29 is 31.5 Å². The van der Waals surface area contributed by atoms with Crippen LogP contribution in [0.25, 0.3) is 32.1 Å². The monoisotopic (exact) mass is 731 g/mol. The van der Waals surface area contributed by atoms with E-state index in [4.69, 9.17) is 27.1 Å². The molecular formula is C34H31ClF5N7O2S. The van der Waals surface area contributed by atoms with Crippen molar-refractivity contribution in [1.29, 1.82) is 5.26 Å². The lowest BCUT2D eigenvalue weighted by Gasteiger charge is -2.54. The summed E-state index contributed by atoms with van der Waals surface area (Å²) in [6, 6.07) is 5.89. The van der Waals surface area contributed by atoms with Crippen LogP contribution in [0.4, 0.5) is 32.8 Å². The number of rotatable bonds is 6. The van der Waals surface area contributed by atoms with E-state index in [9.17, 15) is 27.6 Å². The van der Waals surface area contributed by atoms with Gasteiger partial charge in [-0.05, 0) is 49.9 Å². The molecule has 262 valence electrons. The van der Waals surface area contributed by atoms with Gasteiger partial charge in [-0.3, -0.25) is 9.69 Å². The predicted octanol–water partition coefficient (Wildman–Crippen LogP) is 6.55. The second kappa shape index (κ2) is 12.1. The van der Waals surface area contributed by atoms with E-state index in [0.29, 0.717) is 44.7 Å². The van der Waals surface area contributed by atoms with Crippen LogP contribution in [-0.2, 0) is 4.79 Å². The Kier molecular flexibility index (Phi) is 8.00. The summed E-state index contributed by atoms with van der Waals surface area (Å²) in [6.07, 6.45) is -0.790. The molecule has 0 unspecified atom stereocenters. The lowest BCUT2D eigenvalue weighted by atomic mass is 9.73. The van der Waals surface area contributed by atoms with E-state index in [1.165, 1.54) is 12.1 Å². The van der Waals surface area contributed by atoms with Gasteiger partial charge in [-0.25, -0.2) is 13.2 Å². The normalized spacial score (nSPS) is 23.2. The Morgan fingerprint density at radius 3 is 2.72 bits per heavy atom. The maximum absolute atomic E-state index is 17.0. The summed E-state index contributed by atoms with van der Waals surface area (Å²) in [5.74, 6) is -2.36. The van der Waals surface area contributed by atoms with E-state index in [-0.39, 0.29) is 73.4 Å². The number of carbonyl (C=O) groups excluding carboxylic acids is 1. The van der Waals surface area contributed by atoms with Gasteiger partial charge in [-0.1, -0.05) is 17.7 Å². The van der Waals surface area contributed by atoms with Crippen molar-refractivity contribution in [1.82, 2.24) is 19.8 Å². The Labute approximate surface area is 292 Å². The zero-order valence-electron chi connectivity index (χ0n) is 26.6. The molecule has 16 heteroatoms. The molecule has 2 N–H and O–H groups in total. The van der Waals surface area contributed by atoms with Crippen LogP contribution < -0.4 is 15.4 Å². The number of hydrogen-bond acceptors (Lipinski definition) is 9. The zero-order valence-corrected chi connectivity index (χ0v) is 28.2. The lowest BCUT2D eigenvalue weighted by Crippen LogP contribution is -2.65. The largest absolute Gasteiger partial charge is 0.461 e. The van der Waals surface area contributed by atoms with Crippen molar-refractivity contribution in [3.05, 3.63) is 40.4 Å². The summed E-state index contributed by atoms with van der Waals surface area (Å²) >= 11 is 7.71. The minimum atomic E-state index is -3.09. The fourth-order valence-electron chi connectivity index (χ4n) is 8.57. The SMILES string of the molecule is N#Cc1c(N)sc2c(F)ccc(-c3c(Cl)cc4c(N5CCCC6(CN(C(=O)C(F)F)C6)C5)nc(OC[C@@]56CCCN5C[C@H](F)C6)nc4c3F)c12. The van der Waals surface area contributed by atoms with Gasteiger partial charge >= 0.3 is 12.4 Å². The Balaban J connectivity index is 1.24.